The Bertz CT molecular complexity index is 604. The monoisotopic (exact) mass is 307 g/mol. The smallest absolute Gasteiger partial charge is 0.176 e. The highest BCUT2D eigenvalue weighted by atomic mass is 35.5. The third-order valence-corrected chi connectivity index (χ3v) is 4.14. The van der Waals surface area contributed by atoms with Crippen molar-refractivity contribution in [2.24, 2.45) is 0 Å². The van der Waals surface area contributed by atoms with Gasteiger partial charge in [-0.2, -0.15) is 4.68 Å². The number of hydrogen-bond donors (Lipinski definition) is 0. The molecule has 0 unspecified atom stereocenters. The van der Waals surface area contributed by atoms with Crippen LogP contribution in [0.4, 0.5) is 0 Å². The van der Waals surface area contributed by atoms with Crippen LogP contribution in [0.1, 0.15) is 19.7 Å². The van der Waals surface area contributed by atoms with E-state index in [0.717, 1.165) is 37.8 Å². The Balaban J connectivity index is 1.95. The summed E-state index contributed by atoms with van der Waals surface area (Å²) in [5, 5.41) is 12.9. The molecule has 0 spiro atoms. The maximum Gasteiger partial charge on any atom is 0.176 e. The number of morpholine rings is 1. The summed E-state index contributed by atoms with van der Waals surface area (Å²) in [6.07, 6.45) is 0. The number of halogens is 1. The zero-order valence-electron chi connectivity index (χ0n) is 12.2. The van der Waals surface area contributed by atoms with Gasteiger partial charge < -0.3 is 4.74 Å². The molecule has 1 saturated heterocycles. The number of nitrogens with zero attached hydrogens (tertiary/aromatic N) is 5. The van der Waals surface area contributed by atoms with Crippen LogP contribution in [0.3, 0.4) is 0 Å². The van der Waals surface area contributed by atoms with Gasteiger partial charge in [-0.05, 0) is 48.5 Å². The van der Waals surface area contributed by atoms with E-state index in [4.69, 9.17) is 16.3 Å². The Labute approximate surface area is 128 Å². The molecule has 0 atom stereocenters. The molecule has 0 aliphatic carbocycles. The largest absolute Gasteiger partial charge is 0.379 e. The molecule has 1 aromatic heterocycles. The minimum atomic E-state index is -0.271. The fourth-order valence-corrected chi connectivity index (χ4v) is 2.71. The van der Waals surface area contributed by atoms with Crippen molar-refractivity contribution in [3.63, 3.8) is 0 Å². The number of hydrogen-bond acceptors (Lipinski definition) is 5. The number of benzene rings is 1. The number of ether oxygens (including phenoxy) is 1. The van der Waals surface area contributed by atoms with Crippen LogP contribution in [0.15, 0.2) is 24.3 Å². The Kier molecular flexibility index (Phi) is 3.93. The summed E-state index contributed by atoms with van der Waals surface area (Å²) < 4.78 is 7.20. The van der Waals surface area contributed by atoms with Gasteiger partial charge in [-0.25, -0.2) is 0 Å². The molecule has 0 saturated carbocycles. The molecule has 3 rings (SSSR count). The Morgan fingerprint density at radius 3 is 2.48 bits per heavy atom. The molecule has 7 heteroatoms. The summed E-state index contributed by atoms with van der Waals surface area (Å²) in [7, 11) is 0. The lowest BCUT2D eigenvalue weighted by Crippen LogP contribution is -2.49. The predicted octanol–water partition coefficient (Wildman–Crippen LogP) is 1.88. The summed E-state index contributed by atoms with van der Waals surface area (Å²) in [5.41, 5.74) is 0.633. The van der Waals surface area contributed by atoms with Gasteiger partial charge in [-0.3, -0.25) is 4.90 Å². The molecule has 0 radical (unpaired) electrons. The Morgan fingerprint density at radius 1 is 1.14 bits per heavy atom. The van der Waals surface area contributed by atoms with Gasteiger partial charge in [-0.15, -0.1) is 5.10 Å². The van der Waals surface area contributed by atoms with Crippen molar-refractivity contribution in [3.8, 4) is 5.69 Å². The molecule has 21 heavy (non-hydrogen) atoms. The second kappa shape index (κ2) is 5.71. The van der Waals surface area contributed by atoms with Crippen LogP contribution in [0, 0.1) is 0 Å². The van der Waals surface area contributed by atoms with Crippen LogP contribution >= 0.6 is 11.6 Å². The summed E-state index contributed by atoms with van der Waals surface area (Å²) in [6, 6.07) is 7.50. The molecule has 1 aromatic carbocycles. The first kappa shape index (κ1) is 14.4. The van der Waals surface area contributed by atoms with Gasteiger partial charge in [-0.1, -0.05) is 11.6 Å². The first-order valence-corrected chi connectivity index (χ1v) is 7.34. The summed E-state index contributed by atoms with van der Waals surface area (Å²) >= 11 is 5.94. The number of rotatable bonds is 3. The molecule has 1 aliphatic heterocycles. The predicted molar refractivity (Wildman–Crippen MR) is 79.6 cm³/mol. The van der Waals surface area contributed by atoms with Gasteiger partial charge in [0.1, 0.15) is 0 Å². The molecule has 6 nitrogen and oxygen atoms in total. The summed E-state index contributed by atoms with van der Waals surface area (Å²) in [6.45, 7) is 7.51. The van der Waals surface area contributed by atoms with Crippen LogP contribution in [-0.2, 0) is 10.3 Å². The third kappa shape index (κ3) is 2.79. The van der Waals surface area contributed by atoms with E-state index in [0.29, 0.717) is 5.02 Å². The van der Waals surface area contributed by atoms with Crippen molar-refractivity contribution in [2.45, 2.75) is 19.4 Å². The van der Waals surface area contributed by atoms with E-state index in [2.05, 4.69) is 34.3 Å². The average Bonchev–Trinajstić information content (AvgIpc) is 2.99. The summed E-state index contributed by atoms with van der Waals surface area (Å²) in [5.74, 6) is 0.812. The Morgan fingerprint density at radius 2 is 1.81 bits per heavy atom. The van der Waals surface area contributed by atoms with Crippen molar-refractivity contribution in [1.29, 1.82) is 0 Å². The molecule has 2 aromatic rings. The van der Waals surface area contributed by atoms with E-state index in [1.807, 2.05) is 24.3 Å². The molecular formula is C14H18ClN5O. The van der Waals surface area contributed by atoms with E-state index < -0.39 is 0 Å². The highest BCUT2D eigenvalue weighted by molar-refractivity contribution is 6.30. The second-order valence-electron chi connectivity index (χ2n) is 5.55. The Hall–Kier alpha value is -1.50. The third-order valence-electron chi connectivity index (χ3n) is 3.89. The van der Waals surface area contributed by atoms with Crippen LogP contribution < -0.4 is 0 Å². The van der Waals surface area contributed by atoms with E-state index >= 15 is 0 Å². The lowest BCUT2D eigenvalue weighted by molar-refractivity contribution is -0.0155. The van der Waals surface area contributed by atoms with Crippen molar-refractivity contribution < 1.29 is 4.74 Å². The van der Waals surface area contributed by atoms with Crippen LogP contribution in [0.25, 0.3) is 5.69 Å². The molecular weight excluding hydrogens is 290 g/mol. The van der Waals surface area contributed by atoms with Crippen molar-refractivity contribution >= 4 is 11.6 Å². The van der Waals surface area contributed by atoms with Gasteiger partial charge in [0.15, 0.2) is 5.82 Å². The first-order valence-electron chi connectivity index (χ1n) is 6.96. The highest BCUT2D eigenvalue weighted by Gasteiger charge is 2.35. The fraction of sp³-hybridized carbons (Fsp3) is 0.500. The minimum Gasteiger partial charge on any atom is -0.379 e. The highest BCUT2D eigenvalue weighted by Crippen LogP contribution is 2.28. The fourth-order valence-electron chi connectivity index (χ4n) is 2.59. The quantitative estimate of drug-likeness (QED) is 0.866. The normalized spacial score (nSPS) is 17.1. The van der Waals surface area contributed by atoms with E-state index in [-0.39, 0.29) is 5.54 Å². The molecule has 0 N–H and O–H groups in total. The molecule has 1 fully saturated rings. The molecule has 0 amide bonds. The van der Waals surface area contributed by atoms with Crippen LogP contribution in [0.2, 0.25) is 5.02 Å². The van der Waals surface area contributed by atoms with Crippen LogP contribution in [0.5, 0.6) is 0 Å². The van der Waals surface area contributed by atoms with Crippen molar-refractivity contribution in [1.82, 2.24) is 25.1 Å². The van der Waals surface area contributed by atoms with Gasteiger partial charge in [0.05, 0.1) is 24.4 Å². The SMILES string of the molecule is CC(C)(c1nnnn1-c1ccc(Cl)cc1)N1CCOCC1. The summed E-state index contributed by atoms with van der Waals surface area (Å²) in [4.78, 5) is 2.34. The second-order valence-corrected chi connectivity index (χ2v) is 5.99. The van der Waals surface area contributed by atoms with Crippen LogP contribution in [-0.4, -0.2) is 51.4 Å². The lowest BCUT2D eigenvalue weighted by Gasteiger charge is -2.39. The lowest BCUT2D eigenvalue weighted by atomic mass is 10.0. The maximum atomic E-state index is 5.94. The maximum absolute atomic E-state index is 5.94. The topological polar surface area (TPSA) is 56.1 Å². The molecule has 1 aliphatic rings. The number of tetrazole rings is 1. The number of aromatic nitrogens is 4. The van der Waals surface area contributed by atoms with Gasteiger partial charge in [0.25, 0.3) is 0 Å². The molecule has 0 bridgehead atoms. The van der Waals surface area contributed by atoms with Crippen molar-refractivity contribution in [3.05, 3.63) is 35.1 Å². The van der Waals surface area contributed by atoms with E-state index in [9.17, 15) is 0 Å². The van der Waals surface area contributed by atoms with Gasteiger partial charge in [0, 0.05) is 18.1 Å². The average molecular weight is 308 g/mol. The zero-order valence-corrected chi connectivity index (χ0v) is 12.9. The van der Waals surface area contributed by atoms with E-state index in [1.165, 1.54) is 0 Å². The van der Waals surface area contributed by atoms with E-state index in [1.54, 1.807) is 4.68 Å². The molecule has 2 heterocycles. The standard InChI is InChI=1S/C14H18ClN5O/c1-14(2,19-7-9-21-10-8-19)13-16-17-18-20(13)12-5-3-11(15)4-6-12/h3-6H,7-10H2,1-2H3. The van der Waals surface area contributed by atoms with Gasteiger partial charge >= 0.3 is 0 Å². The first-order chi connectivity index (χ1) is 10.1. The minimum absolute atomic E-state index is 0.271. The van der Waals surface area contributed by atoms with Gasteiger partial charge in [0.2, 0.25) is 0 Å². The van der Waals surface area contributed by atoms with Crippen molar-refractivity contribution in [2.75, 3.05) is 26.3 Å². The molecule has 112 valence electrons. The zero-order chi connectivity index (χ0) is 14.9.